The minimum Gasteiger partial charge on any atom is -0.493 e. The number of piperidine rings is 1. The Balaban J connectivity index is 1.01. The molecule has 1 aliphatic carbocycles. The zero-order chi connectivity index (χ0) is 24.5. The van der Waals surface area contributed by atoms with Crippen molar-refractivity contribution in [3.05, 3.63) is 35.4 Å². The highest BCUT2D eigenvalue weighted by molar-refractivity contribution is 5.79. The van der Waals surface area contributed by atoms with Gasteiger partial charge in [-0.3, -0.25) is 4.79 Å². The van der Waals surface area contributed by atoms with Crippen LogP contribution in [0.3, 0.4) is 0 Å². The number of anilines is 1. The number of benzene rings is 1. The first-order valence-corrected chi connectivity index (χ1v) is 12.8. The van der Waals surface area contributed by atoms with Crippen LogP contribution < -0.4 is 9.64 Å². The fourth-order valence-corrected chi connectivity index (χ4v) is 5.28. The van der Waals surface area contributed by atoms with E-state index in [1.807, 2.05) is 0 Å². The molecule has 5 rings (SSSR count). The van der Waals surface area contributed by atoms with Gasteiger partial charge in [0.15, 0.2) is 5.82 Å². The van der Waals surface area contributed by atoms with Gasteiger partial charge in [0, 0.05) is 25.1 Å². The first kappa shape index (κ1) is 24.0. The number of carbonyl (C=O) groups is 1. The van der Waals surface area contributed by atoms with Gasteiger partial charge in [0.25, 0.3) is 0 Å². The molecule has 9 heteroatoms. The number of hydrogen-bond acceptors (Lipinski definition) is 6. The lowest BCUT2D eigenvalue weighted by Gasteiger charge is -2.34. The molecule has 2 saturated heterocycles. The van der Waals surface area contributed by atoms with Gasteiger partial charge in [-0.2, -0.15) is 4.98 Å². The molecule has 3 aliphatic rings. The van der Waals surface area contributed by atoms with Crippen molar-refractivity contribution in [2.24, 2.45) is 17.8 Å². The Labute approximate surface area is 204 Å². The highest BCUT2D eigenvalue weighted by Crippen LogP contribution is 2.50. The highest BCUT2D eigenvalue weighted by Gasteiger charge is 2.43. The second-order valence-corrected chi connectivity index (χ2v) is 10.5. The maximum atomic E-state index is 14.4. The summed E-state index contributed by atoms with van der Waals surface area (Å²) in [5, 5.41) is 4.07. The standard InChI is InChI=1S/C26H34F2N4O3/c1-16(2)25-29-26(35-30-25)31-8-5-17(6-9-31)22-11-18(22)7-10-34-21-4-3-19(23(28)13-21)12-24(33)32-14-20(27)15-32/h3-4,13,16-18,20,22H,5-12,14-15H2,1-2H3/t18-,22-/m1/s1. The van der Waals surface area contributed by atoms with Gasteiger partial charge < -0.3 is 19.1 Å². The van der Waals surface area contributed by atoms with Crippen molar-refractivity contribution in [1.82, 2.24) is 15.0 Å². The van der Waals surface area contributed by atoms with E-state index < -0.39 is 12.0 Å². The van der Waals surface area contributed by atoms with E-state index in [-0.39, 0.29) is 31.3 Å². The van der Waals surface area contributed by atoms with Crippen LogP contribution in [-0.4, -0.2) is 59.9 Å². The Hall–Kier alpha value is -2.71. The summed E-state index contributed by atoms with van der Waals surface area (Å²) >= 11 is 0. The van der Waals surface area contributed by atoms with Crippen LogP contribution in [0, 0.1) is 23.6 Å². The first-order valence-electron chi connectivity index (χ1n) is 12.8. The van der Waals surface area contributed by atoms with E-state index in [1.165, 1.54) is 17.4 Å². The van der Waals surface area contributed by atoms with Gasteiger partial charge in [-0.1, -0.05) is 25.1 Å². The number of amides is 1. The molecule has 3 heterocycles. The third-order valence-corrected chi connectivity index (χ3v) is 7.65. The Kier molecular flexibility index (Phi) is 6.93. The third-order valence-electron chi connectivity index (χ3n) is 7.65. The summed E-state index contributed by atoms with van der Waals surface area (Å²) in [6, 6.07) is 5.29. The Morgan fingerprint density at radius 1 is 1.26 bits per heavy atom. The lowest BCUT2D eigenvalue weighted by Crippen LogP contribution is -2.52. The number of likely N-dealkylation sites (tertiary alicyclic amines) is 1. The Bertz CT molecular complexity index is 1030. The molecule has 2 aromatic rings. The minimum atomic E-state index is -0.951. The number of ether oxygens (including phenoxy) is 1. The molecule has 0 N–H and O–H groups in total. The summed E-state index contributed by atoms with van der Waals surface area (Å²) in [6.07, 6.45) is 3.47. The van der Waals surface area contributed by atoms with Gasteiger partial charge in [0.2, 0.25) is 5.91 Å². The smallest absolute Gasteiger partial charge is 0.324 e. The van der Waals surface area contributed by atoms with Crippen LogP contribution in [-0.2, 0) is 11.2 Å². The van der Waals surface area contributed by atoms with Crippen molar-refractivity contribution in [2.75, 3.05) is 37.7 Å². The molecule has 0 unspecified atom stereocenters. The van der Waals surface area contributed by atoms with Crippen LogP contribution in [0.1, 0.15) is 56.8 Å². The SMILES string of the molecule is CC(C)c1noc(N2CCC([C@H]3C[C@H]3CCOc3ccc(CC(=O)N4CC(F)C4)c(F)c3)CC2)n1. The van der Waals surface area contributed by atoms with Crippen LogP contribution in [0.4, 0.5) is 14.8 Å². The zero-order valence-electron chi connectivity index (χ0n) is 20.5. The van der Waals surface area contributed by atoms with Gasteiger partial charge in [-0.25, -0.2) is 8.78 Å². The highest BCUT2D eigenvalue weighted by atomic mass is 19.1. The van der Waals surface area contributed by atoms with Gasteiger partial charge >= 0.3 is 6.01 Å². The van der Waals surface area contributed by atoms with Crippen LogP contribution in [0.15, 0.2) is 22.7 Å². The predicted molar refractivity (Wildman–Crippen MR) is 127 cm³/mol. The Morgan fingerprint density at radius 3 is 2.69 bits per heavy atom. The molecule has 1 aromatic carbocycles. The maximum absolute atomic E-state index is 14.4. The number of halogens is 2. The van der Waals surface area contributed by atoms with E-state index in [9.17, 15) is 13.6 Å². The van der Waals surface area contributed by atoms with E-state index in [4.69, 9.17) is 9.26 Å². The summed E-state index contributed by atoms with van der Waals surface area (Å²) in [5.41, 5.74) is 0.319. The lowest BCUT2D eigenvalue weighted by atomic mass is 9.90. The molecule has 35 heavy (non-hydrogen) atoms. The number of alkyl halides is 1. The normalized spacial score (nSPS) is 23.0. The quantitative estimate of drug-likeness (QED) is 0.522. The number of carbonyl (C=O) groups excluding carboxylic acids is 1. The molecule has 1 saturated carbocycles. The molecule has 190 valence electrons. The van der Waals surface area contributed by atoms with Crippen molar-refractivity contribution in [1.29, 1.82) is 0 Å². The number of hydrogen-bond donors (Lipinski definition) is 0. The van der Waals surface area contributed by atoms with E-state index >= 15 is 0 Å². The predicted octanol–water partition coefficient (Wildman–Crippen LogP) is 4.38. The summed E-state index contributed by atoms with van der Waals surface area (Å²) < 4.78 is 38.6. The number of aromatic nitrogens is 2. The van der Waals surface area contributed by atoms with Crippen LogP contribution in [0.5, 0.6) is 5.75 Å². The van der Waals surface area contributed by atoms with Crippen LogP contribution >= 0.6 is 0 Å². The molecule has 0 radical (unpaired) electrons. The van der Waals surface area contributed by atoms with Gasteiger partial charge in [-0.15, -0.1) is 0 Å². The number of nitrogens with zero attached hydrogens (tertiary/aromatic N) is 4. The van der Waals surface area contributed by atoms with Gasteiger partial charge in [0.05, 0.1) is 26.1 Å². The number of rotatable bonds is 9. The Morgan fingerprint density at radius 2 is 2.03 bits per heavy atom. The maximum Gasteiger partial charge on any atom is 0.324 e. The second-order valence-electron chi connectivity index (χ2n) is 10.5. The summed E-state index contributed by atoms with van der Waals surface area (Å²) in [4.78, 5) is 20.2. The topological polar surface area (TPSA) is 71.7 Å². The average molecular weight is 489 g/mol. The molecule has 2 aliphatic heterocycles. The first-order chi connectivity index (χ1) is 16.9. The van der Waals surface area contributed by atoms with E-state index in [0.29, 0.717) is 29.9 Å². The molecule has 2 atom stereocenters. The second kappa shape index (κ2) is 10.1. The van der Waals surface area contributed by atoms with E-state index in [0.717, 1.165) is 50.0 Å². The largest absolute Gasteiger partial charge is 0.493 e. The summed E-state index contributed by atoms with van der Waals surface area (Å²) in [5.74, 6) is 2.94. The minimum absolute atomic E-state index is 0.0488. The molecule has 0 bridgehead atoms. The van der Waals surface area contributed by atoms with Crippen molar-refractivity contribution >= 4 is 11.9 Å². The van der Waals surface area contributed by atoms with Crippen molar-refractivity contribution in [3.63, 3.8) is 0 Å². The lowest BCUT2D eigenvalue weighted by molar-refractivity contribution is -0.137. The molecular weight excluding hydrogens is 454 g/mol. The fraction of sp³-hybridized carbons (Fsp3) is 0.654. The van der Waals surface area contributed by atoms with Crippen molar-refractivity contribution < 1.29 is 22.8 Å². The van der Waals surface area contributed by atoms with Crippen LogP contribution in [0.2, 0.25) is 0 Å². The fourth-order valence-electron chi connectivity index (χ4n) is 5.28. The molecule has 1 amide bonds. The molecular formula is C26H34F2N4O3. The van der Waals surface area contributed by atoms with Gasteiger partial charge in [0.1, 0.15) is 17.7 Å². The molecule has 3 fully saturated rings. The van der Waals surface area contributed by atoms with Crippen molar-refractivity contribution in [3.8, 4) is 5.75 Å². The summed E-state index contributed by atoms with van der Waals surface area (Å²) in [6.45, 7) is 6.80. The van der Waals surface area contributed by atoms with Crippen molar-refractivity contribution in [2.45, 2.75) is 58.0 Å². The molecule has 0 spiro atoms. The summed E-state index contributed by atoms with van der Waals surface area (Å²) in [7, 11) is 0. The third kappa shape index (κ3) is 5.59. The van der Waals surface area contributed by atoms with E-state index in [2.05, 4.69) is 28.9 Å². The monoisotopic (exact) mass is 488 g/mol. The zero-order valence-corrected chi connectivity index (χ0v) is 20.5. The van der Waals surface area contributed by atoms with E-state index in [1.54, 1.807) is 12.1 Å². The van der Waals surface area contributed by atoms with Crippen LogP contribution in [0.25, 0.3) is 0 Å². The molecule has 7 nitrogen and oxygen atoms in total. The molecule has 1 aromatic heterocycles. The average Bonchev–Trinajstić information content (AvgIpc) is 3.41. The van der Waals surface area contributed by atoms with Gasteiger partial charge in [-0.05, 0) is 55.1 Å².